The summed E-state index contributed by atoms with van der Waals surface area (Å²) in [6, 6.07) is 11.2. The van der Waals surface area contributed by atoms with Crippen LogP contribution in [0.4, 0.5) is 14.5 Å². The van der Waals surface area contributed by atoms with Gasteiger partial charge in [-0.05, 0) is 42.7 Å². The number of H-pyrrole nitrogens is 1. The Kier molecular flexibility index (Phi) is 7.22. The SMILES string of the molecule is CCC(F)(F)c1cccc(NC(=O)c2c(C)[nH]c(C3C=C(c4c(C)cccc4C)C(OC)=CC3=O)[n+]2[O-])c1. The molecule has 0 bridgehead atoms. The number of nitrogens with one attached hydrogen (secondary N) is 2. The van der Waals surface area contributed by atoms with E-state index in [2.05, 4.69) is 10.3 Å². The molecule has 3 aromatic rings. The van der Waals surface area contributed by atoms with Crippen LogP contribution in [0, 0.1) is 26.0 Å². The van der Waals surface area contributed by atoms with E-state index in [0.717, 1.165) is 16.7 Å². The normalized spacial score (nSPS) is 15.7. The number of carbonyl (C=O) groups is 2. The van der Waals surface area contributed by atoms with Crippen molar-refractivity contribution in [2.75, 3.05) is 12.4 Å². The predicted molar refractivity (Wildman–Crippen MR) is 140 cm³/mol. The van der Waals surface area contributed by atoms with Gasteiger partial charge < -0.3 is 15.3 Å². The molecule has 1 heterocycles. The minimum Gasteiger partial charge on any atom is -0.710 e. The van der Waals surface area contributed by atoms with Gasteiger partial charge in [-0.1, -0.05) is 43.3 Å². The van der Waals surface area contributed by atoms with Crippen molar-refractivity contribution in [3.05, 3.63) is 105 Å². The first-order chi connectivity index (χ1) is 18.0. The number of hydrogen-bond donors (Lipinski definition) is 2. The molecule has 7 nitrogen and oxygen atoms in total. The molecule has 1 atom stereocenters. The highest BCUT2D eigenvalue weighted by Gasteiger charge is 2.36. The second-order valence-electron chi connectivity index (χ2n) is 9.31. The summed E-state index contributed by atoms with van der Waals surface area (Å²) in [5.41, 5.74) is 3.36. The van der Waals surface area contributed by atoms with E-state index in [4.69, 9.17) is 4.74 Å². The number of rotatable bonds is 7. The minimum absolute atomic E-state index is 0.0287. The van der Waals surface area contributed by atoms with Crippen LogP contribution in [0.5, 0.6) is 0 Å². The third-order valence-electron chi connectivity index (χ3n) is 6.74. The maximum atomic E-state index is 14.1. The maximum absolute atomic E-state index is 14.1. The number of ether oxygens (including phenoxy) is 1. The minimum atomic E-state index is -3.05. The average Bonchev–Trinajstić information content (AvgIpc) is 3.17. The molecule has 0 fully saturated rings. The van der Waals surface area contributed by atoms with Crippen LogP contribution in [0.2, 0.25) is 0 Å². The van der Waals surface area contributed by atoms with E-state index in [9.17, 15) is 23.6 Å². The molecule has 1 aliphatic rings. The number of carbonyl (C=O) groups excluding carboxylic acids is 2. The summed E-state index contributed by atoms with van der Waals surface area (Å²) in [4.78, 5) is 29.0. The molecule has 2 aromatic carbocycles. The van der Waals surface area contributed by atoms with Gasteiger partial charge in [0.25, 0.3) is 17.7 Å². The lowest BCUT2D eigenvalue weighted by molar-refractivity contribution is -0.614. The standard InChI is InChI=1S/C29H29F2N3O4/c1-6-29(30,31)19-11-8-12-20(13-19)33-28(36)26-18(4)32-27(34(26)37)21-14-22(24(38-5)15-23(21)35)25-16(2)9-7-10-17(25)3/h7-15,21,32H,6H2,1-5H3,(H,33,36). The summed E-state index contributed by atoms with van der Waals surface area (Å²) in [6.45, 7) is 6.80. The van der Waals surface area contributed by atoms with Gasteiger partial charge in [0.15, 0.2) is 11.5 Å². The fourth-order valence-corrected chi connectivity index (χ4v) is 4.72. The molecule has 0 saturated heterocycles. The summed E-state index contributed by atoms with van der Waals surface area (Å²) >= 11 is 0. The van der Waals surface area contributed by atoms with Gasteiger partial charge in [-0.2, -0.15) is 0 Å². The highest BCUT2D eigenvalue weighted by molar-refractivity contribution is 6.05. The number of amides is 1. The van der Waals surface area contributed by atoms with Gasteiger partial charge in [0.05, 0.1) is 7.11 Å². The van der Waals surface area contributed by atoms with Crippen molar-refractivity contribution < 1.29 is 27.8 Å². The second-order valence-corrected chi connectivity index (χ2v) is 9.31. The van der Waals surface area contributed by atoms with Crippen LogP contribution in [0.15, 0.2) is 60.4 Å². The molecule has 0 radical (unpaired) electrons. The number of benzene rings is 2. The molecule has 4 rings (SSSR count). The van der Waals surface area contributed by atoms with Gasteiger partial charge in [0.2, 0.25) is 5.69 Å². The largest absolute Gasteiger partial charge is 0.710 e. The Labute approximate surface area is 219 Å². The Morgan fingerprint density at radius 2 is 1.82 bits per heavy atom. The Balaban J connectivity index is 1.71. The number of hydrogen-bond acceptors (Lipinski definition) is 4. The van der Waals surface area contributed by atoms with Crippen molar-refractivity contribution in [2.24, 2.45) is 0 Å². The number of alkyl halides is 2. The fourth-order valence-electron chi connectivity index (χ4n) is 4.72. The zero-order chi connectivity index (χ0) is 27.8. The van der Waals surface area contributed by atoms with Crippen molar-refractivity contribution >= 4 is 23.0 Å². The Hall–Kier alpha value is -4.27. The summed E-state index contributed by atoms with van der Waals surface area (Å²) in [5.74, 6) is -4.86. The van der Waals surface area contributed by atoms with Gasteiger partial charge in [-0.25, -0.2) is 18.5 Å². The van der Waals surface area contributed by atoms with E-state index < -0.39 is 24.2 Å². The third-order valence-corrected chi connectivity index (χ3v) is 6.74. The van der Waals surface area contributed by atoms with Gasteiger partial charge >= 0.3 is 0 Å². The number of imidazole rings is 1. The molecule has 1 aromatic heterocycles. The Morgan fingerprint density at radius 3 is 2.45 bits per heavy atom. The molecule has 1 amide bonds. The van der Waals surface area contributed by atoms with Crippen molar-refractivity contribution in [3.8, 4) is 0 Å². The lowest BCUT2D eigenvalue weighted by atomic mass is 9.86. The second kappa shape index (κ2) is 10.2. The zero-order valence-corrected chi connectivity index (χ0v) is 21.8. The summed E-state index contributed by atoms with van der Waals surface area (Å²) in [5, 5.41) is 15.9. The molecule has 9 heteroatoms. The van der Waals surface area contributed by atoms with Crippen LogP contribution in [0.1, 0.15) is 63.5 Å². The molecule has 198 valence electrons. The molecule has 0 aliphatic heterocycles. The van der Waals surface area contributed by atoms with Crippen molar-refractivity contribution in [1.29, 1.82) is 0 Å². The van der Waals surface area contributed by atoms with Crippen LogP contribution in [0.25, 0.3) is 5.57 Å². The highest BCUT2D eigenvalue weighted by Crippen LogP contribution is 2.36. The van der Waals surface area contributed by atoms with Gasteiger partial charge in [-0.15, -0.1) is 0 Å². The van der Waals surface area contributed by atoms with Crippen molar-refractivity contribution in [1.82, 2.24) is 4.98 Å². The average molecular weight is 522 g/mol. The number of halogens is 2. The Bertz CT molecular complexity index is 1470. The molecule has 2 N–H and O–H groups in total. The van der Waals surface area contributed by atoms with Crippen LogP contribution < -0.4 is 10.0 Å². The van der Waals surface area contributed by atoms with E-state index in [1.807, 2.05) is 32.0 Å². The maximum Gasteiger partial charge on any atom is 0.300 e. The van der Waals surface area contributed by atoms with E-state index in [1.54, 1.807) is 6.08 Å². The fraction of sp³-hybridized carbons (Fsp3) is 0.276. The topological polar surface area (TPSA) is 98.1 Å². The number of aromatic amines is 1. The van der Waals surface area contributed by atoms with Crippen molar-refractivity contribution in [3.63, 3.8) is 0 Å². The quantitative estimate of drug-likeness (QED) is 0.312. The van der Waals surface area contributed by atoms with Crippen LogP contribution >= 0.6 is 0 Å². The number of anilines is 1. The number of allylic oxidation sites excluding steroid dienone is 3. The van der Waals surface area contributed by atoms with E-state index in [1.165, 1.54) is 51.3 Å². The number of aryl methyl sites for hydroxylation is 3. The summed E-state index contributed by atoms with van der Waals surface area (Å²) < 4.78 is 34.1. The molecular weight excluding hydrogens is 492 g/mol. The zero-order valence-electron chi connectivity index (χ0n) is 21.8. The number of ketones is 1. The Morgan fingerprint density at radius 1 is 1.16 bits per heavy atom. The van der Waals surface area contributed by atoms with Gasteiger partial charge in [-0.3, -0.25) is 9.59 Å². The molecule has 1 aliphatic carbocycles. The van der Waals surface area contributed by atoms with Crippen LogP contribution in [-0.4, -0.2) is 23.8 Å². The number of methoxy groups -OCH3 is 1. The lowest BCUT2D eigenvalue weighted by Crippen LogP contribution is -2.40. The van der Waals surface area contributed by atoms with Crippen molar-refractivity contribution in [2.45, 2.75) is 46.0 Å². The van der Waals surface area contributed by atoms with Gasteiger partial charge in [0.1, 0.15) is 11.7 Å². The third kappa shape index (κ3) is 4.83. The highest BCUT2D eigenvalue weighted by atomic mass is 19.3. The van der Waals surface area contributed by atoms with Gasteiger partial charge in [0, 0.05) is 36.2 Å². The summed E-state index contributed by atoms with van der Waals surface area (Å²) in [7, 11) is 1.47. The van der Waals surface area contributed by atoms with Crippen LogP contribution in [0.3, 0.4) is 0 Å². The first-order valence-corrected chi connectivity index (χ1v) is 12.2. The molecular formula is C29H29F2N3O4. The van der Waals surface area contributed by atoms with E-state index in [0.29, 0.717) is 16.1 Å². The first-order valence-electron chi connectivity index (χ1n) is 12.2. The molecule has 1 unspecified atom stereocenters. The van der Waals surface area contributed by atoms with E-state index in [-0.39, 0.29) is 34.2 Å². The lowest BCUT2D eigenvalue weighted by Gasteiger charge is -2.22. The number of aromatic nitrogens is 2. The van der Waals surface area contributed by atoms with Crippen LogP contribution in [-0.2, 0) is 15.5 Å². The summed E-state index contributed by atoms with van der Waals surface area (Å²) in [6.07, 6.45) is 2.62. The van der Waals surface area contributed by atoms with E-state index >= 15 is 0 Å². The predicted octanol–water partition coefficient (Wildman–Crippen LogP) is 5.61. The first kappa shape index (κ1) is 26.8. The number of nitrogens with zero attached hydrogens (tertiary/aromatic N) is 1. The smallest absolute Gasteiger partial charge is 0.300 e. The molecule has 0 spiro atoms. The molecule has 0 saturated carbocycles. The molecule has 38 heavy (non-hydrogen) atoms. The monoisotopic (exact) mass is 521 g/mol.